The van der Waals surface area contributed by atoms with Crippen molar-refractivity contribution in [1.29, 1.82) is 5.41 Å². The minimum atomic E-state index is -0.980. The molecule has 2 aromatic rings. The van der Waals surface area contributed by atoms with Crippen LogP contribution in [0.1, 0.15) is 36.1 Å². The summed E-state index contributed by atoms with van der Waals surface area (Å²) in [5.74, 6) is -0.370. The highest BCUT2D eigenvalue weighted by Crippen LogP contribution is 2.26. The molecule has 7 heteroatoms. The Morgan fingerprint density at radius 1 is 1.27 bits per heavy atom. The Bertz CT molecular complexity index is 763. The summed E-state index contributed by atoms with van der Waals surface area (Å²) in [6, 6.07) is 11.4. The molecule has 0 amide bonds. The van der Waals surface area contributed by atoms with Crippen LogP contribution in [-0.4, -0.2) is 24.0 Å². The second-order valence-electron chi connectivity index (χ2n) is 5.77. The molecule has 1 atom stereocenters. The highest BCUT2D eigenvalue weighted by atomic mass is 35.5. The number of ether oxygens (including phenoxy) is 1. The van der Waals surface area contributed by atoms with Crippen molar-refractivity contribution in [2.75, 3.05) is 12.4 Å². The third-order valence-electron chi connectivity index (χ3n) is 3.85. The van der Waals surface area contributed by atoms with Gasteiger partial charge in [0.2, 0.25) is 0 Å². The predicted octanol–water partition coefficient (Wildman–Crippen LogP) is 3.59. The van der Waals surface area contributed by atoms with Crippen LogP contribution in [0.4, 0.5) is 5.69 Å². The maximum Gasteiger partial charge on any atom is 0.330 e. The quantitative estimate of drug-likeness (QED) is 0.415. The minimum Gasteiger partial charge on any atom is -0.497 e. The average Bonchev–Trinajstić information content (AvgIpc) is 2.59. The van der Waals surface area contributed by atoms with Gasteiger partial charge >= 0.3 is 5.97 Å². The molecule has 1 unspecified atom stereocenters. The van der Waals surface area contributed by atoms with E-state index in [9.17, 15) is 9.90 Å². The molecule has 2 aromatic carbocycles. The number of nitrogen functional groups attached to an aromatic ring is 1. The van der Waals surface area contributed by atoms with Crippen molar-refractivity contribution in [3.05, 3.63) is 59.2 Å². The van der Waals surface area contributed by atoms with E-state index in [1.54, 1.807) is 37.4 Å². The number of aliphatic carboxylic acids is 1. The van der Waals surface area contributed by atoms with Crippen molar-refractivity contribution in [3.8, 4) is 5.75 Å². The van der Waals surface area contributed by atoms with Crippen LogP contribution in [-0.2, 0) is 11.2 Å². The highest BCUT2D eigenvalue weighted by molar-refractivity contribution is 5.95. The van der Waals surface area contributed by atoms with Gasteiger partial charge in [0, 0.05) is 11.3 Å². The van der Waals surface area contributed by atoms with Gasteiger partial charge in [-0.2, -0.15) is 0 Å². The van der Waals surface area contributed by atoms with Crippen molar-refractivity contribution < 1.29 is 14.6 Å². The molecule has 0 aromatic heterocycles. The van der Waals surface area contributed by atoms with Crippen molar-refractivity contribution in [1.82, 2.24) is 0 Å². The van der Waals surface area contributed by atoms with E-state index < -0.39 is 12.0 Å². The van der Waals surface area contributed by atoms with Crippen LogP contribution in [0, 0.1) is 5.41 Å². The first-order valence-corrected chi connectivity index (χ1v) is 8.06. The topological polar surface area (TPSA) is 108 Å². The largest absolute Gasteiger partial charge is 0.497 e. The molecule has 0 bridgehead atoms. The zero-order valence-electron chi connectivity index (χ0n) is 14.8. The highest BCUT2D eigenvalue weighted by Gasteiger charge is 2.21. The predicted molar refractivity (Wildman–Crippen MR) is 106 cm³/mol. The number of amidine groups is 1. The summed E-state index contributed by atoms with van der Waals surface area (Å²) in [5.41, 5.74) is 8.33. The summed E-state index contributed by atoms with van der Waals surface area (Å²) in [6.45, 7) is 2.07. The molecule has 6 nitrogen and oxygen atoms in total. The lowest BCUT2D eigenvalue weighted by Gasteiger charge is -2.18. The van der Waals surface area contributed by atoms with E-state index in [2.05, 4.69) is 12.2 Å². The number of anilines is 1. The Labute approximate surface area is 159 Å². The number of carboxylic acids is 1. The molecule has 0 spiro atoms. The average molecular weight is 378 g/mol. The fourth-order valence-electron chi connectivity index (χ4n) is 2.60. The smallest absolute Gasteiger partial charge is 0.330 e. The summed E-state index contributed by atoms with van der Waals surface area (Å²) in [4.78, 5) is 11.8. The number of halogens is 1. The first kappa shape index (κ1) is 21.3. The Hall–Kier alpha value is -2.73. The fourth-order valence-corrected chi connectivity index (χ4v) is 2.60. The molecule has 5 N–H and O–H groups in total. The monoisotopic (exact) mass is 377 g/mol. The van der Waals surface area contributed by atoms with Crippen LogP contribution in [0.2, 0.25) is 0 Å². The molecule has 0 aliphatic rings. The fraction of sp³-hybridized carbons (Fsp3) is 0.263. The number of benzene rings is 2. The van der Waals surface area contributed by atoms with Crippen LogP contribution in [0.5, 0.6) is 5.75 Å². The summed E-state index contributed by atoms with van der Waals surface area (Å²) in [6.07, 6.45) is 1.81. The number of nitrogens with one attached hydrogen (secondary N) is 2. The third kappa shape index (κ3) is 5.39. The van der Waals surface area contributed by atoms with Gasteiger partial charge in [0.25, 0.3) is 0 Å². The lowest BCUT2D eigenvalue weighted by atomic mass is 10.0. The van der Waals surface area contributed by atoms with Gasteiger partial charge in [-0.25, -0.2) is 4.79 Å². The molecule has 0 aliphatic carbocycles. The zero-order chi connectivity index (χ0) is 18.4. The molecule has 26 heavy (non-hydrogen) atoms. The van der Waals surface area contributed by atoms with E-state index in [-0.39, 0.29) is 18.2 Å². The van der Waals surface area contributed by atoms with E-state index in [0.29, 0.717) is 22.6 Å². The Balaban J connectivity index is 0.00000338. The van der Waals surface area contributed by atoms with Crippen LogP contribution >= 0.6 is 12.4 Å². The maximum atomic E-state index is 11.8. The van der Waals surface area contributed by atoms with Crippen molar-refractivity contribution in [3.63, 3.8) is 0 Å². The molecule has 0 aliphatic heterocycles. The van der Waals surface area contributed by atoms with Crippen molar-refractivity contribution in [2.45, 2.75) is 25.8 Å². The minimum absolute atomic E-state index is 0. The van der Waals surface area contributed by atoms with Gasteiger partial charge in [-0.1, -0.05) is 19.4 Å². The zero-order valence-corrected chi connectivity index (χ0v) is 15.6. The number of aryl methyl sites for hydroxylation is 1. The van der Waals surface area contributed by atoms with E-state index in [1.807, 2.05) is 12.1 Å². The van der Waals surface area contributed by atoms with Gasteiger partial charge in [0.05, 0.1) is 7.11 Å². The molecule has 140 valence electrons. The Morgan fingerprint density at radius 3 is 2.42 bits per heavy atom. The second kappa shape index (κ2) is 9.68. The maximum absolute atomic E-state index is 11.8. The molecular weight excluding hydrogens is 354 g/mol. The van der Waals surface area contributed by atoms with Crippen molar-refractivity contribution in [2.24, 2.45) is 5.73 Å². The molecule has 0 radical (unpaired) electrons. The number of hydrogen-bond acceptors (Lipinski definition) is 4. The standard InChI is InChI=1S/C19H23N3O3.ClH/c1-3-4-12-9-14(11-16(10-12)25-2)17(19(23)24)22-15-7-5-13(6-8-15)18(20)21;/h5-11,17,22H,3-4H2,1-2H3,(H3,20,21)(H,23,24);1H. The summed E-state index contributed by atoms with van der Waals surface area (Å²) in [5, 5.41) is 20.1. The van der Waals surface area contributed by atoms with E-state index in [0.717, 1.165) is 18.4 Å². The lowest BCUT2D eigenvalue weighted by Crippen LogP contribution is -2.21. The Morgan fingerprint density at radius 2 is 1.92 bits per heavy atom. The molecule has 0 heterocycles. The summed E-state index contributed by atoms with van der Waals surface area (Å²) < 4.78 is 5.31. The molecule has 0 fully saturated rings. The van der Waals surface area contributed by atoms with Gasteiger partial charge in [-0.05, 0) is 53.9 Å². The number of hydrogen-bond donors (Lipinski definition) is 4. The number of rotatable bonds is 8. The van der Waals surface area contributed by atoms with Crippen LogP contribution in [0.3, 0.4) is 0 Å². The van der Waals surface area contributed by atoms with E-state index >= 15 is 0 Å². The molecule has 0 saturated carbocycles. The molecular formula is C19H24ClN3O3. The van der Waals surface area contributed by atoms with Gasteiger partial charge in [-0.15, -0.1) is 12.4 Å². The third-order valence-corrected chi connectivity index (χ3v) is 3.85. The SMILES string of the molecule is CCCc1cc(OC)cc(C(Nc2ccc(C(=N)N)cc2)C(=O)O)c1.Cl. The van der Waals surface area contributed by atoms with E-state index in [1.165, 1.54) is 0 Å². The van der Waals surface area contributed by atoms with Gasteiger partial charge in [-0.3, -0.25) is 5.41 Å². The van der Waals surface area contributed by atoms with Crippen LogP contribution < -0.4 is 15.8 Å². The number of methoxy groups -OCH3 is 1. The van der Waals surface area contributed by atoms with Crippen LogP contribution in [0.25, 0.3) is 0 Å². The second-order valence-corrected chi connectivity index (χ2v) is 5.77. The summed E-state index contributed by atoms with van der Waals surface area (Å²) >= 11 is 0. The number of carboxylic acid groups (broad SMARTS) is 1. The van der Waals surface area contributed by atoms with Crippen LogP contribution in [0.15, 0.2) is 42.5 Å². The summed E-state index contributed by atoms with van der Waals surface area (Å²) in [7, 11) is 1.57. The van der Waals surface area contributed by atoms with E-state index in [4.69, 9.17) is 15.9 Å². The van der Waals surface area contributed by atoms with Gasteiger partial charge in [0.15, 0.2) is 6.04 Å². The first-order valence-electron chi connectivity index (χ1n) is 8.06. The normalized spacial score (nSPS) is 11.2. The van der Waals surface area contributed by atoms with Crippen molar-refractivity contribution >= 4 is 29.9 Å². The lowest BCUT2D eigenvalue weighted by molar-refractivity contribution is -0.138. The Kier molecular flexibility index (Phi) is 7.93. The molecule has 0 saturated heterocycles. The first-order chi connectivity index (χ1) is 11.9. The van der Waals surface area contributed by atoms with Gasteiger partial charge < -0.3 is 20.9 Å². The number of carbonyl (C=O) groups is 1. The molecule has 2 rings (SSSR count). The number of nitrogens with two attached hydrogens (primary N) is 1. The van der Waals surface area contributed by atoms with Gasteiger partial charge in [0.1, 0.15) is 11.6 Å².